The minimum absolute atomic E-state index is 0.184. The van der Waals surface area contributed by atoms with Gasteiger partial charge in [0.05, 0.1) is 5.41 Å². The molecule has 2 N–H and O–H groups in total. The lowest BCUT2D eigenvalue weighted by atomic mass is 10.1. The summed E-state index contributed by atoms with van der Waals surface area (Å²) in [6.07, 6.45) is 1.26. The number of amides is 1. The lowest BCUT2D eigenvalue weighted by molar-refractivity contribution is -0.143. The number of carbonyl (C=O) groups excluding carboxylic acids is 1. The van der Waals surface area contributed by atoms with Crippen molar-refractivity contribution in [1.29, 1.82) is 0 Å². The van der Waals surface area contributed by atoms with E-state index in [1.54, 1.807) is 24.3 Å². The molecule has 1 aromatic rings. The van der Waals surface area contributed by atoms with E-state index in [1.165, 1.54) is 0 Å². The van der Waals surface area contributed by atoms with Gasteiger partial charge < -0.3 is 10.4 Å². The average molecular weight is 254 g/mol. The van der Waals surface area contributed by atoms with Crippen LogP contribution in [0.25, 0.3) is 0 Å². The minimum atomic E-state index is -0.839. The zero-order chi connectivity index (χ0) is 12.5. The quantitative estimate of drug-likeness (QED) is 0.862. The molecule has 1 fully saturated rings. The highest BCUT2D eigenvalue weighted by molar-refractivity contribution is 6.30. The van der Waals surface area contributed by atoms with Crippen LogP contribution in [0.3, 0.4) is 0 Å². The summed E-state index contributed by atoms with van der Waals surface area (Å²) < 4.78 is 0. The van der Waals surface area contributed by atoms with Gasteiger partial charge in [0, 0.05) is 17.1 Å². The molecule has 0 saturated heterocycles. The minimum Gasteiger partial charge on any atom is -0.481 e. The third-order valence-electron chi connectivity index (χ3n) is 3.00. The number of halogens is 1. The van der Waals surface area contributed by atoms with E-state index in [-0.39, 0.29) is 12.5 Å². The molecule has 0 atom stereocenters. The number of carboxylic acids is 1. The summed E-state index contributed by atoms with van der Waals surface area (Å²) in [7, 11) is 0. The summed E-state index contributed by atoms with van der Waals surface area (Å²) in [5.74, 6) is -1.11. The maximum atomic E-state index is 11.7. The van der Waals surface area contributed by atoms with E-state index in [2.05, 4.69) is 5.32 Å². The van der Waals surface area contributed by atoms with Gasteiger partial charge in [-0.2, -0.15) is 0 Å². The fraction of sp³-hybridized carbons (Fsp3) is 0.333. The molecule has 2 rings (SSSR count). The van der Waals surface area contributed by atoms with Crippen molar-refractivity contribution in [2.45, 2.75) is 12.8 Å². The molecule has 1 amide bonds. The van der Waals surface area contributed by atoms with Crippen LogP contribution in [-0.4, -0.2) is 23.5 Å². The Morgan fingerprint density at radius 3 is 2.35 bits per heavy atom. The molecule has 90 valence electrons. The van der Waals surface area contributed by atoms with Crippen LogP contribution in [0.15, 0.2) is 24.3 Å². The Morgan fingerprint density at radius 2 is 1.88 bits per heavy atom. The highest BCUT2D eigenvalue weighted by Gasteiger charge is 2.50. The normalized spacial score (nSPS) is 16.3. The van der Waals surface area contributed by atoms with Crippen molar-refractivity contribution >= 4 is 23.5 Å². The molecule has 0 aliphatic heterocycles. The second-order valence-corrected chi connectivity index (χ2v) is 4.71. The Balaban J connectivity index is 1.94. The van der Waals surface area contributed by atoms with Gasteiger partial charge in [-0.3, -0.25) is 9.59 Å². The topological polar surface area (TPSA) is 66.4 Å². The number of hydrogen-bond acceptors (Lipinski definition) is 2. The lowest BCUT2D eigenvalue weighted by Crippen LogP contribution is -2.34. The first-order valence-electron chi connectivity index (χ1n) is 5.31. The van der Waals surface area contributed by atoms with E-state index in [0.717, 1.165) is 0 Å². The predicted molar refractivity (Wildman–Crippen MR) is 63.1 cm³/mol. The van der Waals surface area contributed by atoms with E-state index >= 15 is 0 Å². The zero-order valence-corrected chi connectivity index (χ0v) is 9.83. The monoisotopic (exact) mass is 253 g/mol. The molecule has 1 aliphatic rings. The number of nitrogens with one attached hydrogen (secondary N) is 1. The zero-order valence-electron chi connectivity index (χ0n) is 9.07. The van der Waals surface area contributed by atoms with E-state index in [0.29, 0.717) is 23.4 Å². The molecule has 0 heterocycles. The van der Waals surface area contributed by atoms with Gasteiger partial charge in [0.25, 0.3) is 5.91 Å². The molecule has 0 spiro atoms. The van der Waals surface area contributed by atoms with Crippen LogP contribution in [0.1, 0.15) is 23.2 Å². The molecule has 1 aromatic carbocycles. The van der Waals surface area contributed by atoms with Crippen molar-refractivity contribution in [3.05, 3.63) is 34.9 Å². The standard InChI is InChI=1S/C12H12ClNO3/c13-9-3-1-8(2-4-9)10(15)14-7-12(5-6-12)11(16)17/h1-4H,5-7H2,(H,14,15)(H,16,17). The fourth-order valence-corrected chi connectivity index (χ4v) is 1.70. The van der Waals surface area contributed by atoms with Crippen molar-refractivity contribution in [3.63, 3.8) is 0 Å². The molecule has 5 heteroatoms. The summed E-state index contributed by atoms with van der Waals surface area (Å²) in [5.41, 5.74) is -0.252. The molecule has 0 bridgehead atoms. The first-order chi connectivity index (χ1) is 8.03. The lowest BCUT2D eigenvalue weighted by Gasteiger charge is -2.11. The van der Waals surface area contributed by atoms with Gasteiger partial charge in [0.15, 0.2) is 0 Å². The molecule has 0 radical (unpaired) electrons. The SMILES string of the molecule is O=C(NCC1(C(=O)O)CC1)c1ccc(Cl)cc1. The first-order valence-corrected chi connectivity index (χ1v) is 5.68. The summed E-state index contributed by atoms with van der Waals surface area (Å²) in [5, 5.41) is 12.2. The Kier molecular flexibility index (Phi) is 3.07. The second-order valence-electron chi connectivity index (χ2n) is 4.28. The fourth-order valence-electron chi connectivity index (χ4n) is 1.57. The molecule has 4 nitrogen and oxygen atoms in total. The Morgan fingerprint density at radius 1 is 1.29 bits per heavy atom. The van der Waals surface area contributed by atoms with Crippen molar-refractivity contribution < 1.29 is 14.7 Å². The average Bonchev–Trinajstić information content (AvgIpc) is 3.08. The van der Waals surface area contributed by atoms with Gasteiger partial charge in [-0.1, -0.05) is 11.6 Å². The highest BCUT2D eigenvalue weighted by atomic mass is 35.5. The first kappa shape index (κ1) is 11.9. The van der Waals surface area contributed by atoms with Gasteiger partial charge in [-0.25, -0.2) is 0 Å². The largest absolute Gasteiger partial charge is 0.481 e. The van der Waals surface area contributed by atoms with Crippen molar-refractivity contribution in [2.75, 3.05) is 6.54 Å². The van der Waals surface area contributed by atoms with E-state index in [4.69, 9.17) is 16.7 Å². The van der Waals surface area contributed by atoms with Crippen molar-refractivity contribution in [2.24, 2.45) is 5.41 Å². The van der Waals surface area contributed by atoms with E-state index in [1.807, 2.05) is 0 Å². The maximum Gasteiger partial charge on any atom is 0.311 e. The van der Waals surface area contributed by atoms with Crippen molar-refractivity contribution in [3.8, 4) is 0 Å². The number of hydrogen-bond donors (Lipinski definition) is 2. The van der Waals surface area contributed by atoms with Gasteiger partial charge >= 0.3 is 5.97 Å². The smallest absolute Gasteiger partial charge is 0.311 e. The Labute approximate surface area is 104 Å². The van der Waals surface area contributed by atoms with Crippen LogP contribution < -0.4 is 5.32 Å². The highest BCUT2D eigenvalue weighted by Crippen LogP contribution is 2.45. The summed E-state index contributed by atoms with van der Waals surface area (Å²) in [6.45, 7) is 0.184. The van der Waals surface area contributed by atoms with E-state index in [9.17, 15) is 9.59 Å². The number of benzene rings is 1. The van der Waals surface area contributed by atoms with Crippen LogP contribution >= 0.6 is 11.6 Å². The molecular weight excluding hydrogens is 242 g/mol. The summed E-state index contributed by atoms with van der Waals surface area (Å²) in [6, 6.07) is 6.47. The Bertz CT molecular complexity index is 451. The number of rotatable bonds is 4. The van der Waals surface area contributed by atoms with Gasteiger partial charge in [0.2, 0.25) is 0 Å². The Hall–Kier alpha value is -1.55. The number of carboxylic acid groups (broad SMARTS) is 1. The van der Waals surface area contributed by atoms with Gasteiger partial charge in [0.1, 0.15) is 0 Å². The number of carbonyl (C=O) groups is 2. The molecular formula is C12H12ClNO3. The third kappa shape index (κ3) is 2.58. The van der Waals surface area contributed by atoms with Gasteiger partial charge in [-0.05, 0) is 37.1 Å². The van der Waals surface area contributed by atoms with Crippen molar-refractivity contribution in [1.82, 2.24) is 5.32 Å². The number of aliphatic carboxylic acids is 1. The molecule has 1 aliphatic carbocycles. The van der Waals surface area contributed by atoms with Crippen LogP contribution in [-0.2, 0) is 4.79 Å². The molecule has 17 heavy (non-hydrogen) atoms. The van der Waals surface area contributed by atoms with Crippen LogP contribution in [0.4, 0.5) is 0 Å². The van der Waals surface area contributed by atoms with Crippen LogP contribution in [0.2, 0.25) is 5.02 Å². The third-order valence-corrected chi connectivity index (χ3v) is 3.25. The maximum absolute atomic E-state index is 11.7. The second kappa shape index (κ2) is 4.37. The predicted octanol–water partition coefficient (Wildman–Crippen LogP) is 1.93. The van der Waals surface area contributed by atoms with Crippen LogP contribution in [0.5, 0.6) is 0 Å². The summed E-state index contributed by atoms with van der Waals surface area (Å²) >= 11 is 5.71. The summed E-state index contributed by atoms with van der Waals surface area (Å²) in [4.78, 5) is 22.6. The molecule has 0 aromatic heterocycles. The molecule has 0 unspecified atom stereocenters. The van der Waals surface area contributed by atoms with Crippen LogP contribution in [0, 0.1) is 5.41 Å². The van der Waals surface area contributed by atoms with Gasteiger partial charge in [-0.15, -0.1) is 0 Å². The molecule has 1 saturated carbocycles. The van der Waals surface area contributed by atoms with E-state index < -0.39 is 11.4 Å².